The molecule has 0 heterocycles. The average Bonchev–Trinajstić information content (AvgIpc) is 1.02. The molecule has 13 aliphatic rings. The van der Waals surface area contributed by atoms with Crippen molar-refractivity contribution in [2.45, 2.75) is 323 Å². The lowest BCUT2D eigenvalue weighted by Crippen LogP contribution is -2.66. The molecule has 88 heavy (non-hydrogen) atoms. The summed E-state index contributed by atoms with van der Waals surface area (Å²) in [6.45, 7) is 49.5. The number of hydrogen-bond donors (Lipinski definition) is 3. The predicted molar refractivity (Wildman–Crippen MR) is 373 cm³/mol. The van der Waals surface area contributed by atoms with Crippen molar-refractivity contribution in [1.29, 1.82) is 0 Å². The molecule has 0 aliphatic heterocycles. The summed E-state index contributed by atoms with van der Waals surface area (Å²) in [5, 5.41) is 31.3. The quantitative estimate of drug-likeness (QED) is 0.191. The third kappa shape index (κ3) is 11.1. The van der Waals surface area contributed by atoms with Crippen molar-refractivity contribution in [2.75, 3.05) is 0 Å². The van der Waals surface area contributed by atoms with Gasteiger partial charge in [-0.15, -0.1) is 0 Å². The van der Waals surface area contributed by atoms with Crippen molar-refractivity contribution in [1.82, 2.24) is 0 Å². The van der Waals surface area contributed by atoms with Crippen molar-refractivity contribution >= 4 is 0 Å². The number of hydrogen-bond acceptors (Lipinski definition) is 3. The van der Waals surface area contributed by atoms with Gasteiger partial charge in [0.1, 0.15) is 0 Å². The standard InChI is InChI=1S/C30H50O.C28H44O.C27H46O/c1-19(2)20-11-14-27(5)17-18-29(7)21(25(20)27)9-10-23-28(6)15-13-24(31)26(3,4)22(28)12-16-30(23,29)8;1-18(2)19(3)7-8-20(4)24-11-12-25-23-10-9-21-17-22(29)13-15-27(21,5)26(23)14-16-28(24,25)6;1-18(2)7-6-8-19(3)23-11-12-24-22-10-9-20-17-21(28)13-15-26(20,4)25(22)14-16-27(23,24)5/h20-25,31H,1,9-18H2,2-8H3;7-10,18-20,22,24-26,29H,11-17H2,1-6H3;9,18-19,21-25,28H,6-8,10-17H2,1-5H3/b;8-7+;/t20-,21+,22-,23+,24-,25+,27+,28-,29+,30+;19-,20+,22-,24+,25-,26-,27-,28+;19-,21+,22+,23-,24+,25+,26+,27-/m001/s1. The minimum absolute atomic E-state index is 0.0632. The van der Waals surface area contributed by atoms with E-state index in [-0.39, 0.29) is 23.7 Å². The van der Waals surface area contributed by atoms with E-state index in [9.17, 15) is 15.3 Å². The highest BCUT2D eigenvalue weighted by molar-refractivity contribution is 5.39. The van der Waals surface area contributed by atoms with Crippen molar-refractivity contribution in [3.05, 3.63) is 59.3 Å². The highest BCUT2D eigenvalue weighted by Crippen LogP contribution is 2.78. The van der Waals surface area contributed by atoms with Crippen molar-refractivity contribution in [2.24, 2.45) is 149 Å². The lowest BCUT2D eigenvalue weighted by atomic mass is 9.32. The molecule has 0 unspecified atom stereocenters. The van der Waals surface area contributed by atoms with Crippen LogP contribution in [-0.4, -0.2) is 33.6 Å². The number of aliphatic hydroxyl groups excluding tert-OH is 3. The molecule has 0 aromatic heterocycles. The average molecular weight is 1210 g/mol. The molecule has 11 fully saturated rings. The fraction of sp³-hybridized carbons (Fsp3) is 0.882. The van der Waals surface area contributed by atoms with Gasteiger partial charge in [-0.25, -0.2) is 0 Å². The van der Waals surface area contributed by atoms with E-state index in [1.807, 2.05) is 0 Å². The van der Waals surface area contributed by atoms with Crippen molar-refractivity contribution < 1.29 is 15.3 Å². The van der Waals surface area contributed by atoms with Crippen LogP contribution in [0.5, 0.6) is 0 Å². The maximum atomic E-state index is 10.9. The molecule has 11 saturated carbocycles. The molecule has 0 aromatic rings. The number of rotatable bonds is 10. The lowest BCUT2D eigenvalue weighted by Gasteiger charge is -2.73. The predicted octanol–water partition coefficient (Wildman–Crippen LogP) is 22.7. The largest absolute Gasteiger partial charge is 0.393 e. The zero-order valence-corrected chi connectivity index (χ0v) is 60.8. The molecule has 0 bridgehead atoms. The van der Waals surface area contributed by atoms with Crippen LogP contribution in [0.2, 0.25) is 0 Å². The van der Waals surface area contributed by atoms with Crippen LogP contribution in [0, 0.1) is 149 Å². The van der Waals surface area contributed by atoms with Gasteiger partial charge in [0, 0.05) is 0 Å². The summed E-state index contributed by atoms with van der Waals surface area (Å²) >= 11 is 0. The van der Waals surface area contributed by atoms with Crippen LogP contribution < -0.4 is 0 Å². The molecule has 26 atom stereocenters. The van der Waals surface area contributed by atoms with E-state index in [1.54, 1.807) is 11.1 Å². The Morgan fingerprint density at radius 2 is 1.20 bits per heavy atom. The number of aliphatic hydroxyl groups is 3. The highest BCUT2D eigenvalue weighted by atomic mass is 16.3. The first-order valence-corrected chi connectivity index (χ1v) is 38.7. The van der Waals surface area contributed by atoms with E-state index < -0.39 is 0 Å². The summed E-state index contributed by atoms with van der Waals surface area (Å²) < 4.78 is 0. The first-order valence-electron chi connectivity index (χ1n) is 38.7. The SMILES string of the molecule is C=C(C)[C@@H]1CC[C@]2(C)CC[C@]3(C)[C@H](CC[C@@H]4[C@@]5(C)CC[C@H](O)C(C)(C)[C@@H]5CC[C@]43C)[C@@H]12.CC(C)CCC[C@@H](C)[C@H]1CC[C@H]2[C@@H]3CC=C4C[C@@H](O)CC[C@]4(C)[C@H]3CC[C@]12C.CC(C)[C@@H](C)/C=C/[C@@H](C)[C@H]1CC[C@H]2C3=CC=C4C[C@@H](O)CC[C@]4(C)[C@H]3CC[C@]12C. The first-order chi connectivity index (χ1) is 41.2. The molecule has 498 valence electrons. The van der Waals surface area contributed by atoms with E-state index in [2.05, 4.69) is 162 Å². The minimum Gasteiger partial charge on any atom is -0.393 e. The fourth-order valence-corrected chi connectivity index (χ4v) is 27.7. The Hall–Kier alpha value is -1.42. The van der Waals surface area contributed by atoms with Crippen molar-refractivity contribution in [3.8, 4) is 0 Å². The maximum Gasteiger partial charge on any atom is 0.0594 e. The Labute approximate surface area is 543 Å². The van der Waals surface area contributed by atoms with Crippen LogP contribution in [0.3, 0.4) is 0 Å². The van der Waals surface area contributed by atoms with Gasteiger partial charge < -0.3 is 15.3 Å². The van der Waals surface area contributed by atoms with Crippen LogP contribution in [0.25, 0.3) is 0 Å². The monoisotopic (exact) mass is 1210 g/mol. The van der Waals surface area contributed by atoms with Crippen molar-refractivity contribution in [3.63, 3.8) is 0 Å². The third-order valence-electron chi connectivity index (χ3n) is 33.8. The number of fused-ring (bicyclic) bond motifs is 17. The Bertz CT molecular complexity index is 2630. The molecular formula is C85H140O3. The smallest absolute Gasteiger partial charge is 0.0594 e. The normalized spacial score (nSPS) is 49.7. The van der Waals surface area contributed by atoms with E-state index in [0.717, 1.165) is 115 Å². The molecule has 0 amide bonds. The molecule has 0 radical (unpaired) electrons. The maximum absolute atomic E-state index is 10.9. The van der Waals surface area contributed by atoms with Crippen LogP contribution in [0.4, 0.5) is 0 Å². The van der Waals surface area contributed by atoms with E-state index in [1.165, 1.54) is 159 Å². The van der Waals surface area contributed by atoms with Gasteiger partial charge in [-0.2, -0.15) is 0 Å². The zero-order chi connectivity index (χ0) is 63.7. The second kappa shape index (κ2) is 24.7. The molecule has 3 nitrogen and oxygen atoms in total. The Morgan fingerprint density at radius 1 is 0.545 bits per heavy atom. The minimum atomic E-state index is -0.118. The van der Waals surface area contributed by atoms with Gasteiger partial charge in [-0.1, -0.05) is 196 Å². The molecular weight excluding hydrogens is 1070 g/mol. The fourth-order valence-electron chi connectivity index (χ4n) is 27.7. The summed E-state index contributed by atoms with van der Waals surface area (Å²) in [6.07, 6.45) is 48.9. The van der Waals surface area contributed by atoms with Gasteiger partial charge in [0.25, 0.3) is 0 Å². The van der Waals surface area contributed by atoms with Crippen LogP contribution in [0.15, 0.2) is 59.3 Å². The lowest BCUT2D eigenvalue weighted by molar-refractivity contribution is -0.246. The highest BCUT2D eigenvalue weighted by Gasteiger charge is 2.71. The molecule has 0 saturated heterocycles. The summed E-state index contributed by atoms with van der Waals surface area (Å²) in [6, 6.07) is 0. The van der Waals surface area contributed by atoms with Crippen LogP contribution >= 0.6 is 0 Å². The van der Waals surface area contributed by atoms with Gasteiger partial charge in [-0.3, -0.25) is 0 Å². The van der Waals surface area contributed by atoms with Crippen LogP contribution in [0.1, 0.15) is 304 Å². The Morgan fingerprint density at radius 3 is 1.90 bits per heavy atom. The zero-order valence-electron chi connectivity index (χ0n) is 60.8. The first kappa shape index (κ1) is 68.0. The Balaban J connectivity index is 0.000000137. The summed E-state index contributed by atoms with van der Waals surface area (Å²) in [5.74, 6) is 13.8. The summed E-state index contributed by atoms with van der Waals surface area (Å²) in [4.78, 5) is 0. The summed E-state index contributed by atoms with van der Waals surface area (Å²) in [7, 11) is 0. The second-order valence-corrected chi connectivity index (χ2v) is 38.8. The third-order valence-corrected chi connectivity index (χ3v) is 33.8. The number of allylic oxidation sites excluding steroid dienone is 7. The molecule has 13 rings (SSSR count). The van der Waals surface area contributed by atoms with Gasteiger partial charge in [-0.05, 0) is 317 Å². The van der Waals surface area contributed by atoms with Gasteiger partial charge in [0.2, 0.25) is 0 Å². The van der Waals surface area contributed by atoms with Gasteiger partial charge >= 0.3 is 0 Å². The van der Waals surface area contributed by atoms with E-state index >= 15 is 0 Å². The summed E-state index contributed by atoms with van der Waals surface area (Å²) in [5.41, 5.74) is 10.1. The Kier molecular flexibility index (Phi) is 19.0. The van der Waals surface area contributed by atoms with Gasteiger partial charge in [0.05, 0.1) is 18.3 Å². The van der Waals surface area contributed by atoms with Crippen LogP contribution in [-0.2, 0) is 0 Å². The molecule has 0 aromatic carbocycles. The molecule has 3 heteroatoms. The van der Waals surface area contributed by atoms with E-state index in [0.29, 0.717) is 61.1 Å². The second-order valence-electron chi connectivity index (χ2n) is 38.8. The molecule has 3 N–H and O–H groups in total. The van der Waals surface area contributed by atoms with E-state index in [4.69, 9.17) is 0 Å². The molecule has 13 aliphatic carbocycles. The topological polar surface area (TPSA) is 60.7 Å². The van der Waals surface area contributed by atoms with Gasteiger partial charge in [0.15, 0.2) is 0 Å². The molecule has 0 spiro atoms.